The Hall–Kier alpha value is -1.39. The SMILES string of the molecule is Cc1nc2cc(CCN(C)CC(C)(C)O)ccc2o1. The molecule has 4 heteroatoms. The lowest BCUT2D eigenvalue weighted by molar-refractivity contribution is 0.0450. The minimum Gasteiger partial charge on any atom is -0.441 e. The van der Waals surface area contributed by atoms with Gasteiger partial charge in [0.05, 0.1) is 5.60 Å². The number of oxazole rings is 1. The van der Waals surface area contributed by atoms with Crippen molar-refractivity contribution < 1.29 is 9.52 Å². The second-order valence-corrected chi connectivity index (χ2v) is 5.84. The Morgan fingerprint density at radius 1 is 1.37 bits per heavy atom. The summed E-state index contributed by atoms with van der Waals surface area (Å²) < 4.78 is 5.46. The van der Waals surface area contributed by atoms with E-state index < -0.39 is 5.60 Å². The van der Waals surface area contributed by atoms with Gasteiger partial charge in [-0.3, -0.25) is 0 Å². The summed E-state index contributed by atoms with van der Waals surface area (Å²) in [4.78, 5) is 6.48. The van der Waals surface area contributed by atoms with Crippen molar-refractivity contribution in [2.75, 3.05) is 20.1 Å². The summed E-state index contributed by atoms with van der Waals surface area (Å²) in [6.07, 6.45) is 0.939. The topological polar surface area (TPSA) is 49.5 Å². The minimum absolute atomic E-state index is 0.651. The molecule has 0 saturated heterocycles. The van der Waals surface area contributed by atoms with Crippen LogP contribution in [0.1, 0.15) is 25.3 Å². The van der Waals surface area contributed by atoms with Crippen LogP contribution in [0.5, 0.6) is 0 Å². The van der Waals surface area contributed by atoms with Crippen molar-refractivity contribution in [2.24, 2.45) is 0 Å². The highest BCUT2D eigenvalue weighted by Crippen LogP contribution is 2.17. The van der Waals surface area contributed by atoms with Crippen LogP contribution in [0, 0.1) is 6.92 Å². The third kappa shape index (κ3) is 4.04. The number of rotatable bonds is 5. The highest BCUT2D eigenvalue weighted by Gasteiger charge is 2.15. The molecule has 0 amide bonds. The number of likely N-dealkylation sites (N-methyl/N-ethyl adjacent to an activating group) is 1. The van der Waals surface area contributed by atoms with Crippen molar-refractivity contribution in [1.82, 2.24) is 9.88 Å². The molecular weight excluding hydrogens is 240 g/mol. The average molecular weight is 262 g/mol. The molecule has 2 rings (SSSR count). The second kappa shape index (κ2) is 5.31. The van der Waals surface area contributed by atoms with Gasteiger partial charge in [0.15, 0.2) is 11.5 Å². The number of benzene rings is 1. The fourth-order valence-corrected chi connectivity index (χ4v) is 2.30. The van der Waals surface area contributed by atoms with E-state index in [1.165, 1.54) is 5.56 Å². The van der Waals surface area contributed by atoms with Crippen molar-refractivity contribution >= 4 is 11.1 Å². The smallest absolute Gasteiger partial charge is 0.192 e. The Morgan fingerprint density at radius 3 is 2.79 bits per heavy atom. The molecule has 0 bridgehead atoms. The van der Waals surface area contributed by atoms with Crippen molar-refractivity contribution in [3.63, 3.8) is 0 Å². The number of hydrogen-bond acceptors (Lipinski definition) is 4. The maximum Gasteiger partial charge on any atom is 0.192 e. The molecule has 0 fully saturated rings. The number of aliphatic hydroxyl groups is 1. The van der Waals surface area contributed by atoms with Crippen LogP contribution in [-0.4, -0.2) is 40.7 Å². The average Bonchev–Trinajstić information content (AvgIpc) is 2.63. The molecule has 0 unspecified atom stereocenters. The lowest BCUT2D eigenvalue weighted by Crippen LogP contribution is -2.37. The zero-order chi connectivity index (χ0) is 14.0. The zero-order valence-electron chi connectivity index (χ0n) is 12.1. The Kier molecular flexibility index (Phi) is 3.92. The second-order valence-electron chi connectivity index (χ2n) is 5.84. The summed E-state index contributed by atoms with van der Waals surface area (Å²) >= 11 is 0. The van der Waals surface area contributed by atoms with Crippen molar-refractivity contribution in [3.8, 4) is 0 Å². The van der Waals surface area contributed by atoms with Crippen molar-refractivity contribution in [3.05, 3.63) is 29.7 Å². The third-order valence-corrected chi connectivity index (χ3v) is 3.00. The van der Waals surface area contributed by atoms with Gasteiger partial charge in [0, 0.05) is 20.0 Å². The van der Waals surface area contributed by atoms with Crippen LogP contribution in [0.4, 0.5) is 0 Å². The van der Waals surface area contributed by atoms with Crippen molar-refractivity contribution in [2.45, 2.75) is 32.8 Å². The molecule has 0 atom stereocenters. The van der Waals surface area contributed by atoms with Gasteiger partial charge in [0.2, 0.25) is 0 Å². The molecule has 0 aliphatic heterocycles. The fourth-order valence-electron chi connectivity index (χ4n) is 2.30. The van der Waals surface area contributed by atoms with Gasteiger partial charge in [-0.25, -0.2) is 4.98 Å². The molecule has 104 valence electrons. The van der Waals surface area contributed by atoms with Crippen LogP contribution in [0.2, 0.25) is 0 Å². The molecule has 1 aromatic heterocycles. The van der Waals surface area contributed by atoms with E-state index in [1.807, 2.05) is 33.9 Å². The highest BCUT2D eigenvalue weighted by atomic mass is 16.3. The summed E-state index contributed by atoms with van der Waals surface area (Å²) in [7, 11) is 2.02. The number of aryl methyl sites for hydroxylation is 1. The molecule has 2 aromatic rings. The van der Waals surface area contributed by atoms with E-state index in [4.69, 9.17) is 4.42 Å². The summed E-state index contributed by atoms with van der Waals surface area (Å²) in [6.45, 7) is 7.09. The number of aromatic nitrogens is 1. The van der Waals surface area contributed by atoms with Gasteiger partial charge >= 0.3 is 0 Å². The van der Waals surface area contributed by atoms with Gasteiger partial charge in [-0.2, -0.15) is 0 Å². The van der Waals surface area contributed by atoms with Crippen LogP contribution in [-0.2, 0) is 6.42 Å². The Labute approximate surface area is 114 Å². The molecule has 1 N–H and O–H groups in total. The molecule has 1 heterocycles. The quantitative estimate of drug-likeness (QED) is 0.899. The van der Waals surface area contributed by atoms with Gasteiger partial charge < -0.3 is 14.4 Å². The predicted octanol–water partition coefficient (Wildman–Crippen LogP) is 2.38. The van der Waals surface area contributed by atoms with Crippen LogP contribution in [0.15, 0.2) is 22.6 Å². The molecule has 0 saturated carbocycles. The first kappa shape index (κ1) is 14.0. The van der Waals surface area contributed by atoms with Gasteiger partial charge in [0.25, 0.3) is 0 Å². The molecule has 4 nitrogen and oxygen atoms in total. The zero-order valence-corrected chi connectivity index (χ0v) is 12.1. The van der Waals surface area contributed by atoms with Crippen molar-refractivity contribution in [1.29, 1.82) is 0 Å². The number of nitrogens with zero attached hydrogens (tertiary/aromatic N) is 2. The Morgan fingerprint density at radius 2 is 2.11 bits per heavy atom. The minimum atomic E-state index is -0.651. The van der Waals surface area contributed by atoms with Gasteiger partial charge in [-0.1, -0.05) is 6.07 Å². The maximum absolute atomic E-state index is 9.77. The van der Waals surface area contributed by atoms with E-state index in [0.717, 1.165) is 24.1 Å². The molecule has 1 aromatic carbocycles. The lowest BCUT2D eigenvalue weighted by atomic mass is 10.1. The Bertz CT molecular complexity index is 555. The first-order valence-corrected chi connectivity index (χ1v) is 6.60. The molecule has 0 aliphatic rings. The van der Waals surface area contributed by atoms with Crippen LogP contribution in [0.25, 0.3) is 11.1 Å². The van der Waals surface area contributed by atoms with Crippen LogP contribution >= 0.6 is 0 Å². The first-order valence-electron chi connectivity index (χ1n) is 6.60. The molecule has 0 aliphatic carbocycles. The molecule has 0 spiro atoms. The standard InChI is InChI=1S/C15H22N2O2/c1-11-16-13-9-12(5-6-14(13)19-11)7-8-17(4)10-15(2,3)18/h5-6,9,18H,7-8,10H2,1-4H3. The number of fused-ring (bicyclic) bond motifs is 1. The van der Waals surface area contributed by atoms with E-state index >= 15 is 0 Å². The summed E-state index contributed by atoms with van der Waals surface area (Å²) in [5.74, 6) is 0.700. The normalized spacial score (nSPS) is 12.5. The molecule has 19 heavy (non-hydrogen) atoms. The van der Waals surface area contributed by atoms with E-state index in [9.17, 15) is 5.11 Å². The predicted molar refractivity (Wildman–Crippen MR) is 76.2 cm³/mol. The van der Waals surface area contributed by atoms with E-state index in [-0.39, 0.29) is 0 Å². The van der Waals surface area contributed by atoms with E-state index in [1.54, 1.807) is 0 Å². The summed E-state index contributed by atoms with van der Waals surface area (Å²) in [5.41, 5.74) is 2.34. The van der Waals surface area contributed by atoms with Crippen LogP contribution in [0.3, 0.4) is 0 Å². The Balaban J connectivity index is 1.97. The van der Waals surface area contributed by atoms with E-state index in [2.05, 4.69) is 22.0 Å². The third-order valence-electron chi connectivity index (χ3n) is 3.00. The highest BCUT2D eigenvalue weighted by molar-refractivity contribution is 5.73. The molecule has 0 radical (unpaired) electrons. The van der Waals surface area contributed by atoms with Gasteiger partial charge in [-0.05, 0) is 45.0 Å². The van der Waals surface area contributed by atoms with Gasteiger partial charge in [-0.15, -0.1) is 0 Å². The van der Waals surface area contributed by atoms with E-state index in [0.29, 0.717) is 12.4 Å². The largest absolute Gasteiger partial charge is 0.441 e. The fraction of sp³-hybridized carbons (Fsp3) is 0.533. The lowest BCUT2D eigenvalue weighted by Gasteiger charge is -2.25. The first-order chi connectivity index (χ1) is 8.83. The van der Waals surface area contributed by atoms with Crippen LogP contribution < -0.4 is 0 Å². The van der Waals surface area contributed by atoms with Gasteiger partial charge in [0.1, 0.15) is 5.52 Å². The molecular formula is C15H22N2O2. The summed E-state index contributed by atoms with van der Waals surface area (Å²) in [5, 5.41) is 9.77. The summed E-state index contributed by atoms with van der Waals surface area (Å²) in [6, 6.07) is 6.12. The monoisotopic (exact) mass is 262 g/mol. The number of hydrogen-bond donors (Lipinski definition) is 1. The maximum atomic E-state index is 9.77.